The maximum atomic E-state index is 13.4. The van der Waals surface area contributed by atoms with Crippen LogP contribution in [0.15, 0.2) is 52.2 Å². The number of rotatable bonds is 5. The second-order valence-electron chi connectivity index (χ2n) is 3.71. The summed E-state index contributed by atoms with van der Waals surface area (Å²) in [6, 6.07) is 7.02. The van der Waals surface area contributed by atoms with Crippen LogP contribution in [0.3, 0.4) is 0 Å². The van der Waals surface area contributed by atoms with Gasteiger partial charge in [0.05, 0.1) is 12.5 Å². The average Bonchev–Trinajstić information content (AvgIpc) is 2.82. The molecule has 2 aromatic rings. The molecule has 4 nitrogen and oxygen atoms in total. The van der Waals surface area contributed by atoms with Crippen LogP contribution in [0.5, 0.6) is 0 Å². The van der Waals surface area contributed by atoms with Gasteiger partial charge in [0, 0.05) is 6.54 Å². The summed E-state index contributed by atoms with van der Waals surface area (Å²) >= 11 is 0. The largest absolute Gasteiger partial charge is 0.472 e. The van der Waals surface area contributed by atoms with Gasteiger partial charge in [-0.25, -0.2) is 17.5 Å². The maximum Gasteiger partial charge on any atom is 0.243 e. The monoisotopic (exact) mass is 269 g/mol. The topological polar surface area (TPSA) is 59.3 Å². The molecule has 0 saturated heterocycles. The van der Waals surface area contributed by atoms with Crippen molar-refractivity contribution in [3.63, 3.8) is 0 Å². The van der Waals surface area contributed by atoms with Crippen molar-refractivity contribution in [3.05, 3.63) is 54.2 Å². The third-order valence-electron chi connectivity index (χ3n) is 2.41. The summed E-state index contributed by atoms with van der Waals surface area (Å²) in [6.07, 6.45) is 3.54. The minimum Gasteiger partial charge on any atom is -0.472 e. The summed E-state index contributed by atoms with van der Waals surface area (Å²) in [4.78, 5) is -0.336. The van der Waals surface area contributed by atoms with E-state index in [1.807, 2.05) is 0 Å². The Morgan fingerprint density at radius 1 is 1.22 bits per heavy atom. The summed E-state index contributed by atoms with van der Waals surface area (Å²) in [5.41, 5.74) is 0.881. The van der Waals surface area contributed by atoms with Gasteiger partial charge < -0.3 is 4.42 Å². The molecule has 2 rings (SSSR count). The van der Waals surface area contributed by atoms with E-state index >= 15 is 0 Å². The highest BCUT2D eigenvalue weighted by molar-refractivity contribution is 7.89. The number of hydrogen-bond donors (Lipinski definition) is 1. The van der Waals surface area contributed by atoms with Crippen LogP contribution in [0.1, 0.15) is 5.56 Å². The van der Waals surface area contributed by atoms with Gasteiger partial charge >= 0.3 is 0 Å². The van der Waals surface area contributed by atoms with Crippen LogP contribution in [0.25, 0.3) is 0 Å². The van der Waals surface area contributed by atoms with Crippen LogP contribution in [-0.4, -0.2) is 15.0 Å². The van der Waals surface area contributed by atoms with E-state index in [0.29, 0.717) is 6.42 Å². The summed E-state index contributed by atoms with van der Waals surface area (Å²) in [5, 5.41) is 0. The molecule has 1 N–H and O–H groups in total. The highest BCUT2D eigenvalue weighted by atomic mass is 32.2. The van der Waals surface area contributed by atoms with Gasteiger partial charge in [0.2, 0.25) is 10.0 Å². The van der Waals surface area contributed by atoms with E-state index in [0.717, 1.165) is 11.6 Å². The van der Waals surface area contributed by atoms with Gasteiger partial charge in [-0.3, -0.25) is 0 Å². The molecule has 6 heteroatoms. The lowest BCUT2D eigenvalue weighted by Crippen LogP contribution is -2.26. The predicted molar refractivity (Wildman–Crippen MR) is 64.0 cm³/mol. The number of nitrogens with one attached hydrogen (secondary N) is 1. The third-order valence-corrected chi connectivity index (χ3v) is 3.91. The molecule has 0 atom stereocenters. The van der Waals surface area contributed by atoms with Crippen LogP contribution >= 0.6 is 0 Å². The smallest absolute Gasteiger partial charge is 0.243 e. The van der Waals surface area contributed by atoms with Crippen LogP contribution in [0, 0.1) is 5.82 Å². The summed E-state index contributed by atoms with van der Waals surface area (Å²) in [7, 11) is -3.80. The average molecular weight is 269 g/mol. The Morgan fingerprint density at radius 3 is 2.67 bits per heavy atom. The quantitative estimate of drug-likeness (QED) is 0.902. The first-order valence-corrected chi connectivity index (χ1v) is 6.83. The lowest BCUT2D eigenvalue weighted by molar-refractivity contribution is 0.554. The Hall–Kier alpha value is -1.66. The van der Waals surface area contributed by atoms with Crippen LogP contribution in [0.2, 0.25) is 0 Å². The summed E-state index contributed by atoms with van der Waals surface area (Å²) < 4.78 is 44.2. The van der Waals surface area contributed by atoms with E-state index < -0.39 is 15.8 Å². The molecule has 0 spiro atoms. The fraction of sp³-hybridized carbons (Fsp3) is 0.167. The van der Waals surface area contributed by atoms with Crippen molar-refractivity contribution in [1.29, 1.82) is 0 Å². The van der Waals surface area contributed by atoms with E-state index in [1.165, 1.54) is 30.7 Å². The Labute approximate surface area is 104 Å². The molecule has 1 aromatic carbocycles. The van der Waals surface area contributed by atoms with Crippen molar-refractivity contribution in [1.82, 2.24) is 4.72 Å². The fourth-order valence-electron chi connectivity index (χ4n) is 1.51. The molecule has 0 fully saturated rings. The van der Waals surface area contributed by atoms with Gasteiger partial charge in [-0.05, 0) is 30.2 Å². The molecule has 0 aliphatic carbocycles. The Bertz CT molecular complexity index is 608. The minimum absolute atomic E-state index is 0.191. The van der Waals surface area contributed by atoms with Crippen molar-refractivity contribution in [3.8, 4) is 0 Å². The van der Waals surface area contributed by atoms with Gasteiger partial charge in [0.15, 0.2) is 0 Å². The zero-order valence-corrected chi connectivity index (χ0v) is 10.3. The molecule has 1 heterocycles. The molecule has 0 amide bonds. The second kappa shape index (κ2) is 5.32. The van der Waals surface area contributed by atoms with Crippen molar-refractivity contribution >= 4 is 10.0 Å². The van der Waals surface area contributed by atoms with Crippen molar-refractivity contribution in [2.24, 2.45) is 0 Å². The normalized spacial score (nSPS) is 11.6. The Morgan fingerprint density at radius 2 is 2.00 bits per heavy atom. The molecule has 0 aliphatic heterocycles. The zero-order chi connectivity index (χ0) is 13.0. The Kier molecular flexibility index (Phi) is 3.78. The molecule has 18 heavy (non-hydrogen) atoms. The fourth-order valence-corrected chi connectivity index (χ4v) is 2.61. The first-order valence-electron chi connectivity index (χ1n) is 5.35. The summed E-state index contributed by atoms with van der Waals surface area (Å²) in [5.74, 6) is -0.756. The van der Waals surface area contributed by atoms with Crippen LogP contribution in [0.4, 0.5) is 4.39 Å². The first kappa shape index (κ1) is 12.8. The number of hydrogen-bond acceptors (Lipinski definition) is 3. The Balaban J connectivity index is 2.02. The predicted octanol–water partition coefficient (Wildman–Crippen LogP) is 1.94. The highest BCUT2D eigenvalue weighted by Crippen LogP contribution is 2.13. The third kappa shape index (κ3) is 2.96. The number of sulfonamides is 1. The van der Waals surface area contributed by atoms with E-state index in [4.69, 9.17) is 4.42 Å². The zero-order valence-electron chi connectivity index (χ0n) is 9.47. The molecular weight excluding hydrogens is 257 g/mol. The highest BCUT2D eigenvalue weighted by Gasteiger charge is 2.17. The standard InChI is InChI=1S/C12H12FNO3S/c13-11-3-1-2-4-12(11)18(15,16)14-7-5-10-6-8-17-9-10/h1-4,6,8-9,14H,5,7H2. The van der Waals surface area contributed by atoms with Gasteiger partial charge in [0.1, 0.15) is 10.7 Å². The van der Waals surface area contributed by atoms with E-state index in [9.17, 15) is 12.8 Å². The number of benzene rings is 1. The van der Waals surface area contributed by atoms with Gasteiger partial charge in [0.25, 0.3) is 0 Å². The van der Waals surface area contributed by atoms with Gasteiger partial charge in [-0.15, -0.1) is 0 Å². The van der Waals surface area contributed by atoms with Gasteiger partial charge in [-0.1, -0.05) is 12.1 Å². The molecule has 0 bridgehead atoms. The number of furan rings is 1. The van der Waals surface area contributed by atoms with E-state index in [-0.39, 0.29) is 11.4 Å². The summed E-state index contributed by atoms with van der Waals surface area (Å²) in [6.45, 7) is 0.191. The molecule has 0 saturated carbocycles. The molecular formula is C12H12FNO3S. The SMILES string of the molecule is O=S(=O)(NCCc1ccoc1)c1ccccc1F. The van der Waals surface area contributed by atoms with Crippen molar-refractivity contribution in [2.45, 2.75) is 11.3 Å². The van der Waals surface area contributed by atoms with Crippen LogP contribution < -0.4 is 4.72 Å². The first-order chi connectivity index (χ1) is 8.59. The van der Waals surface area contributed by atoms with Crippen LogP contribution in [-0.2, 0) is 16.4 Å². The lowest BCUT2D eigenvalue weighted by atomic mass is 10.2. The van der Waals surface area contributed by atoms with E-state index in [2.05, 4.69) is 4.72 Å². The lowest BCUT2D eigenvalue weighted by Gasteiger charge is -2.06. The second-order valence-corrected chi connectivity index (χ2v) is 5.45. The minimum atomic E-state index is -3.80. The molecule has 96 valence electrons. The van der Waals surface area contributed by atoms with Crippen molar-refractivity contribution in [2.75, 3.05) is 6.54 Å². The maximum absolute atomic E-state index is 13.4. The van der Waals surface area contributed by atoms with E-state index in [1.54, 1.807) is 6.07 Å². The molecule has 0 radical (unpaired) electrons. The number of halogens is 1. The molecule has 0 unspecified atom stereocenters. The molecule has 0 aliphatic rings. The van der Waals surface area contributed by atoms with Crippen molar-refractivity contribution < 1.29 is 17.2 Å². The molecule has 1 aromatic heterocycles. The van der Waals surface area contributed by atoms with Gasteiger partial charge in [-0.2, -0.15) is 0 Å².